The van der Waals surface area contributed by atoms with Gasteiger partial charge in [0.15, 0.2) is 12.0 Å². The van der Waals surface area contributed by atoms with Gasteiger partial charge < -0.3 is 9.84 Å². The van der Waals surface area contributed by atoms with E-state index in [-0.39, 0.29) is 17.3 Å². The van der Waals surface area contributed by atoms with Gasteiger partial charge in [-0.1, -0.05) is 0 Å². The molecule has 0 fully saturated rings. The zero-order valence-corrected chi connectivity index (χ0v) is 5.94. The summed E-state index contributed by atoms with van der Waals surface area (Å²) in [7, 11) is 1.37. The lowest BCUT2D eigenvalue weighted by atomic mass is 10.3. The van der Waals surface area contributed by atoms with Crippen molar-refractivity contribution in [2.75, 3.05) is 7.11 Å². The fourth-order valence-corrected chi connectivity index (χ4v) is 0.663. The Morgan fingerprint density at radius 1 is 1.64 bits per heavy atom. The van der Waals surface area contributed by atoms with Gasteiger partial charge in [-0.05, 0) is 12.1 Å². The molecular formula is C7H7NO3. The van der Waals surface area contributed by atoms with Crippen molar-refractivity contribution in [3.63, 3.8) is 0 Å². The molecule has 0 bridgehead atoms. The van der Waals surface area contributed by atoms with Crippen LogP contribution in [0.5, 0.6) is 11.6 Å². The molecule has 0 aliphatic carbocycles. The first-order chi connectivity index (χ1) is 5.27. The van der Waals surface area contributed by atoms with Gasteiger partial charge in [0.25, 0.3) is 5.88 Å². The van der Waals surface area contributed by atoms with E-state index < -0.39 is 0 Å². The maximum Gasteiger partial charge on any atom is 0.257 e. The summed E-state index contributed by atoms with van der Waals surface area (Å²) in [6.07, 6.45) is 0.585. The van der Waals surface area contributed by atoms with Crippen LogP contribution in [0.1, 0.15) is 10.5 Å². The molecule has 1 heterocycles. The summed E-state index contributed by atoms with van der Waals surface area (Å²) in [5.74, 6) is -0.00676. The van der Waals surface area contributed by atoms with E-state index in [0.29, 0.717) is 6.29 Å². The second-order valence-corrected chi connectivity index (χ2v) is 1.88. The molecule has 1 N–H and O–H groups in total. The molecule has 11 heavy (non-hydrogen) atoms. The summed E-state index contributed by atoms with van der Waals surface area (Å²) in [6, 6.07) is 2.76. The number of rotatable bonds is 2. The molecule has 0 radical (unpaired) electrons. The predicted molar refractivity (Wildman–Crippen MR) is 37.8 cm³/mol. The number of aromatic nitrogens is 1. The van der Waals surface area contributed by atoms with Gasteiger partial charge in [0, 0.05) is 0 Å². The molecule has 0 saturated heterocycles. The van der Waals surface area contributed by atoms with Gasteiger partial charge in [0.2, 0.25) is 0 Å². The first kappa shape index (κ1) is 7.53. The number of carbonyl (C=O) groups is 1. The molecule has 0 aliphatic rings. The smallest absolute Gasteiger partial charge is 0.257 e. The number of methoxy groups -OCH3 is 1. The lowest BCUT2D eigenvalue weighted by Gasteiger charge is -2.00. The third kappa shape index (κ3) is 1.46. The van der Waals surface area contributed by atoms with E-state index in [2.05, 4.69) is 9.72 Å². The normalized spacial score (nSPS) is 9.18. The van der Waals surface area contributed by atoms with Crippen molar-refractivity contribution in [1.29, 1.82) is 0 Å². The average molecular weight is 153 g/mol. The quantitative estimate of drug-likeness (QED) is 0.632. The highest BCUT2D eigenvalue weighted by Gasteiger charge is 2.02. The van der Waals surface area contributed by atoms with Gasteiger partial charge in [-0.3, -0.25) is 4.79 Å². The van der Waals surface area contributed by atoms with Gasteiger partial charge in [0.1, 0.15) is 5.69 Å². The molecule has 0 aromatic carbocycles. The Morgan fingerprint density at radius 2 is 2.36 bits per heavy atom. The van der Waals surface area contributed by atoms with Crippen LogP contribution in [0.25, 0.3) is 0 Å². The zero-order valence-electron chi connectivity index (χ0n) is 5.94. The lowest BCUT2D eigenvalue weighted by molar-refractivity contribution is 0.111. The Bertz CT molecular complexity index is 272. The number of hydrogen-bond acceptors (Lipinski definition) is 4. The number of pyridine rings is 1. The molecule has 1 rings (SSSR count). The van der Waals surface area contributed by atoms with Crippen LogP contribution < -0.4 is 4.74 Å². The van der Waals surface area contributed by atoms with Crippen molar-refractivity contribution in [1.82, 2.24) is 4.98 Å². The SMILES string of the molecule is COc1nc(C=O)ccc1O. The van der Waals surface area contributed by atoms with Crippen LogP contribution in [0.4, 0.5) is 0 Å². The fourth-order valence-electron chi connectivity index (χ4n) is 0.663. The van der Waals surface area contributed by atoms with E-state index in [4.69, 9.17) is 5.11 Å². The Kier molecular flexibility index (Phi) is 2.06. The van der Waals surface area contributed by atoms with Crippen molar-refractivity contribution < 1.29 is 14.6 Å². The third-order valence-electron chi connectivity index (χ3n) is 1.18. The number of nitrogens with zero attached hydrogens (tertiary/aromatic N) is 1. The van der Waals surface area contributed by atoms with Gasteiger partial charge in [-0.2, -0.15) is 0 Å². The van der Waals surface area contributed by atoms with Gasteiger partial charge in [-0.15, -0.1) is 0 Å². The van der Waals surface area contributed by atoms with Gasteiger partial charge in [-0.25, -0.2) is 4.98 Å². The summed E-state index contributed by atoms with van der Waals surface area (Å²) in [5, 5.41) is 9.03. The summed E-state index contributed by atoms with van der Waals surface area (Å²) in [4.78, 5) is 13.9. The number of carbonyl (C=O) groups excluding carboxylic acids is 1. The van der Waals surface area contributed by atoms with E-state index in [0.717, 1.165) is 0 Å². The first-order valence-electron chi connectivity index (χ1n) is 2.97. The minimum atomic E-state index is -0.0712. The maximum atomic E-state index is 10.2. The van der Waals surface area contributed by atoms with Crippen LogP contribution in [0.15, 0.2) is 12.1 Å². The Morgan fingerprint density at radius 3 is 2.91 bits per heavy atom. The first-order valence-corrected chi connectivity index (χ1v) is 2.97. The fraction of sp³-hybridized carbons (Fsp3) is 0.143. The Labute approximate surface area is 63.5 Å². The van der Waals surface area contributed by atoms with Crippen molar-refractivity contribution in [2.24, 2.45) is 0 Å². The Hall–Kier alpha value is -1.58. The number of hydrogen-bond donors (Lipinski definition) is 1. The second kappa shape index (κ2) is 3.01. The molecule has 0 spiro atoms. The zero-order chi connectivity index (χ0) is 8.27. The van der Waals surface area contributed by atoms with Crippen LogP contribution in [-0.4, -0.2) is 23.5 Å². The molecular weight excluding hydrogens is 146 g/mol. The molecule has 4 nitrogen and oxygen atoms in total. The van der Waals surface area contributed by atoms with Crippen LogP contribution in [0, 0.1) is 0 Å². The van der Waals surface area contributed by atoms with Crippen LogP contribution in [-0.2, 0) is 0 Å². The summed E-state index contributed by atoms with van der Waals surface area (Å²) in [6.45, 7) is 0. The van der Waals surface area contributed by atoms with Crippen LogP contribution in [0.3, 0.4) is 0 Å². The monoisotopic (exact) mass is 153 g/mol. The second-order valence-electron chi connectivity index (χ2n) is 1.88. The molecule has 0 amide bonds. The van der Waals surface area contributed by atoms with Crippen LogP contribution >= 0.6 is 0 Å². The maximum absolute atomic E-state index is 10.2. The standard InChI is InChI=1S/C7H7NO3/c1-11-7-6(10)3-2-5(4-9)8-7/h2-4,10H,1H3. The molecule has 58 valence electrons. The molecule has 0 aliphatic heterocycles. The summed E-state index contributed by atoms with van der Waals surface area (Å²) in [5.41, 5.74) is 0.236. The average Bonchev–Trinajstić information content (AvgIpc) is 2.05. The molecule has 1 aromatic heterocycles. The minimum absolute atomic E-state index is 0.0644. The lowest BCUT2D eigenvalue weighted by Crippen LogP contribution is -1.91. The summed E-state index contributed by atoms with van der Waals surface area (Å²) < 4.78 is 4.67. The largest absolute Gasteiger partial charge is 0.503 e. The molecule has 1 aromatic rings. The van der Waals surface area contributed by atoms with Gasteiger partial charge >= 0.3 is 0 Å². The van der Waals surface area contributed by atoms with E-state index >= 15 is 0 Å². The van der Waals surface area contributed by atoms with Gasteiger partial charge in [0.05, 0.1) is 7.11 Å². The summed E-state index contributed by atoms with van der Waals surface area (Å²) >= 11 is 0. The van der Waals surface area contributed by atoms with E-state index in [1.165, 1.54) is 19.2 Å². The molecule has 0 atom stereocenters. The van der Waals surface area contributed by atoms with Crippen molar-refractivity contribution in [3.05, 3.63) is 17.8 Å². The topological polar surface area (TPSA) is 59.4 Å². The van der Waals surface area contributed by atoms with Crippen molar-refractivity contribution >= 4 is 6.29 Å². The Balaban J connectivity index is 3.12. The number of aromatic hydroxyl groups is 1. The van der Waals surface area contributed by atoms with E-state index in [9.17, 15) is 4.79 Å². The predicted octanol–water partition coefficient (Wildman–Crippen LogP) is 0.608. The molecule has 4 heteroatoms. The highest BCUT2D eigenvalue weighted by atomic mass is 16.5. The molecule has 0 saturated carbocycles. The van der Waals surface area contributed by atoms with Crippen molar-refractivity contribution in [2.45, 2.75) is 0 Å². The minimum Gasteiger partial charge on any atom is -0.503 e. The van der Waals surface area contributed by atoms with E-state index in [1.807, 2.05) is 0 Å². The number of ether oxygens (including phenoxy) is 1. The third-order valence-corrected chi connectivity index (χ3v) is 1.18. The highest BCUT2D eigenvalue weighted by Crippen LogP contribution is 2.21. The number of aldehydes is 1. The van der Waals surface area contributed by atoms with E-state index in [1.54, 1.807) is 0 Å². The van der Waals surface area contributed by atoms with Crippen LogP contribution in [0.2, 0.25) is 0 Å². The highest BCUT2D eigenvalue weighted by molar-refractivity contribution is 5.72. The molecule has 0 unspecified atom stereocenters. The van der Waals surface area contributed by atoms with Crippen molar-refractivity contribution in [3.8, 4) is 11.6 Å².